The van der Waals surface area contributed by atoms with Gasteiger partial charge in [0, 0.05) is 12.6 Å². The second-order valence-electron chi connectivity index (χ2n) is 4.70. The largest absolute Gasteiger partial charge is 0.508 e. The van der Waals surface area contributed by atoms with Crippen molar-refractivity contribution in [2.45, 2.75) is 0 Å². The average molecular weight is 283 g/mol. The summed E-state index contributed by atoms with van der Waals surface area (Å²) in [6.07, 6.45) is 0. The number of phenolic OH excluding ortho intramolecular Hbond substituents is 1. The first-order valence-electron chi connectivity index (χ1n) is 6.21. The molecule has 0 aliphatic rings. The van der Waals surface area contributed by atoms with Gasteiger partial charge >= 0.3 is 0 Å². The van der Waals surface area contributed by atoms with E-state index in [1.165, 1.54) is 16.7 Å². The van der Waals surface area contributed by atoms with Crippen LogP contribution in [-0.2, 0) is 7.05 Å². The van der Waals surface area contributed by atoms with Crippen molar-refractivity contribution in [3.8, 4) is 16.9 Å². The fourth-order valence-electron chi connectivity index (χ4n) is 2.28. The van der Waals surface area contributed by atoms with Gasteiger partial charge in [0.1, 0.15) is 11.2 Å². The van der Waals surface area contributed by atoms with E-state index in [0.717, 1.165) is 0 Å². The molecule has 106 valence electrons. The number of benzene rings is 1. The van der Waals surface area contributed by atoms with Crippen LogP contribution in [-0.4, -0.2) is 19.6 Å². The Balaban J connectivity index is 2.52. The number of aromatic hydroxyl groups is 1. The van der Waals surface area contributed by atoms with Gasteiger partial charge in [0.15, 0.2) is 5.65 Å². The normalized spacial score (nSPS) is 10.9. The first kappa shape index (κ1) is 12.9. The van der Waals surface area contributed by atoms with Crippen molar-refractivity contribution in [2.24, 2.45) is 7.05 Å². The van der Waals surface area contributed by atoms with E-state index < -0.39 is 0 Å². The molecule has 2 heterocycles. The zero-order valence-corrected chi connectivity index (χ0v) is 11.2. The molecule has 3 rings (SSSR count). The molecule has 0 bridgehead atoms. The summed E-state index contributed by atoms with van der Waals surface area (Å²) >= 11 is 0. The second kappa shape index (κ2) is 4.48. The quantitative estimate of drug-likeness (QED) is 0.525. The van der Waals surface area contributed by atoms with Gasteiger partial charge in [-0.1, -0.05) is 12.1 Å². The lowest BCUT2D eigenvalue weighted by Gasteiger charge is -2.10. The van der Waals surface area contributed by atoms with Crippen LogP contribution in [0, 0.1) is 5.41 Å². The lowest BCUT2D eigenvalue weighted by molar-refractivity contribution is 0.475. The molecule has 7 nitrogen and oxygen atoms in total. The summed E-state index contributed by atoms with van der Waals surface area (Å²) in [5.74, 6) is 0.0794. The maximum Gasteiger partial charge on any atom is 0.262 e. The Kier molecular flexibility index (Phi) is 2.76. The highest BCUT2D eigenvalue weighted by Crippen LogP contribution is 2.26. The summed E-state index contributed by atoms with van der Waals surface area (Å²) in [4.78, 5) is 18.8. The van der Waals surface area contributed by atoms with Crippen LogP contribution in [0.15, 0.2) is 35.1 Å². The van der Waals surface area contributed by atoms with Gasteiger partial charge in [0.25, 0.3) is 5.56 Å². The van der Waals surface area contributed by atoms with Gasteiger partial charge in [-0.3, -0.25) is 15.2 Å². The molecule has 1 aromatic carbocycles. The van der Waals surface area contributed by atoms with Crippen molar-refractivity contribution < 1.29 is 5.11 Å². The SMILES string of the molecule is Cn1c(=N)cc(-c2cccc(O)c2)c2c(=O)[nH]c(N)nc21. The fourth-order valence-corrected chi connectivity index (χ4v) is 2.28. The van der Waals surface area contributed by atoms with Crippen LogP contribution in [0.2, 0.25) is 0 Å². The highest BCUT2D eigenvalue weighted by atomic mass is 16.3. The minimum atomic E-state index is -0.383. The van der Waals surface area contributed by atoms with E-state index in [1.54, 1.807) is 25.2 Å². The molecule has 5 N–H and O–H groups in total. The Labute approximate surface area is 118 Å². The predicted octanol–water partition coefficient (Wildman–Crippen LogP) is 0.696. The number of nitrogens with one attached hydrogen (secondary N) is 2. The van der Waals surface area contributed by atoms with Crippen molar-refractivity contribution in [2.75, 3.05) is 5.73 Å². The van der Waals surface area contributed by atoms with Crippen LogP contribution >= 0.6 is 0 Å². The number of nitrogen functional groups attached to an aromatic ring is 1. The topological polar surface area (TPSA) is 121 Å². The number of fused-ring (bicyclic) bond motifs is 1. The van der Waals surface area contributed by atoms with Crippen LogP contribution in [0.5, 0.6) is 5.75 Å². The van der Waals surface area contributed by atoms with Gasteiger partial charge in [-0.15, -0.1) is 0 Å². The first-order chi connectivity index (χ1) is 9.97. The van der Waals surface area contributed by atoms with Gasteiger partial charge in [0.2, 0.25) is 5.95 Å². The fraction of sp³-hybridized carbons (Fsp3) is 0.0714. The number of rotatable bonds is 1. The minimum absolute atomic E-state index is 0.00411. The zero-order valence-electron chi connectivity index (χ0n) is 11.2. The number of aromatic nitrogens is 3. The number of anilines is 1. The third-order valence-electron chi connectivity index (χ3n) is 3.31. The van der Waals surface area contributed by atoms with Crippen LogP contribution in [0.4, 0.5) is 5.95 Å². The van der Waals surface area contributed by atoms with Gasteiger partial charge in [-0.05, 0) is 23.8 Å². The molecule has 0 unspecified atom stereocenters. The third-order valence-corrected chi connectivity index (χ3v) is 3.31. The molecule has 0 fully saturated rings. The lowest BCUT2D eigenvalue weighted by atomic mass is 10.0. The number of aryl methyl sites for hydroxylation is 1. The maximum atomic E-state index is 12.2. The number of hydrogen-bond acceptors (Lipinski definition) is 5. The van der Waals surface area contributed by atoms with Crippen molar-refractivity contribution >= 4 is 17.0 Å². The third kappa shape index (κ3) is 2.04. The standard InChI is InChI=1S/C14H13N5O2/c1-19-10(15)6-9(7-3-2-4-8(20)5-7)11-12(19)17-14(16)18-13(11)21/h2-6,15,20H,1H3,(H3,16,17,18,21). The molecule has 3 aromatic rings. The highest BCUT2D eigenvalue weighted by Gasteiger charge is 2.13. The maximum absolute atomic E-state index is 12.2. The molecule has 0 saturated carbocycles. The smallest absolute Gasteiger partial charge is 0.262 e. The van der Waals surface area contributed by atoms with Gasteiger partial charge < -0.3 is 15.4 Å². The highest BCUT2D eigenvalue weighted by molar-refractivity contribution is 5.92. The van der Waals surface area contributed by atoms with Crippen LogP contribution < -0.4 is 16.8 Å². The van der Waals surface area contributed by atoms with Crippen LogP contribution in [0.1, 0.15) is 0 Å². The molecular weight excluding hydrogens is 270 g/mol. The summed E-state index contributed by atoms with van der Waals surface area (Å²) < 4.78 is 1.48. The molecule has 0 amide bonds. The molecular formula is C14H13N5O2. The van der Waals surface area contributed by atoms with Crippen LogP contribution in [0.3, 0.4) is 0 Å². The summed E-state index contributed by atoms with van der Waals surface area (Å²) in [5, 5.41) is 17.9. The van der Waals surface area contributed by atoms with E-state index in [9.17, 15) is 9.90 Å². The number of nitrogens with two attached hydrogens (primary N) is 1. The number of pyridine rings is 1. The van der Waals surface area contributed by atoms with E-state index >= 15 is 0 Å². The van der Waals surface area contributed by atoms with E-state index in [2.05, 4.69) is 9.97 Å². The Morgan fingerprint density at radius 1 is 1.38 bits per heavy atom. The Bertz CT molecular complexity index is 971. The Hall–Kier alpha value is -3.09. The molecule has 0 atom stereocenters. The Morgan fingerprint density at radius 3 is 2.86 bits per heavy atom. The zero-order chi connectivity index (χ0) is 15.1. The Morgan fingerprint density at radius 2 is 2.14 bits per heavy atom. The molecule has 0 radical (unpaired) electrons. The second-order valence-corrected chi connectivity index (χ2v) is 4.70. The molecule has 0 aliphatic heterocycles. The first-order valence-corrected chi connectivity index (χ1v) is 6.21. The lowest BCUT2D eigenvalue weighted by Crippen LogP contribution is -2.22. The summed E-state index contributed by atoms with van der Waals surface area (Å²) in [7, 11) is 1.64. The summed E-state index contributed by atoms with van der Waals surface area (Å²) in [6, 6.07) is 8.06. The van der Waals surface area contributed by atoms with Crippen molar-refractivity contribution in [1.29, 1.82) is 5.41 Å². The number of nitrogens with zero attached hydrogens (tertiary/aromatic N) is 2. The van der Waals surface area contributed by atoms with Crippen molar-refractivity contribution in [1.82, 2.24) is 14.5 Å². The van der Waals surface area contributed by atoms with Gasteiger partial charge in [0.05, 0.1) is 5.39 Å². The van der Waals surface area contributed by atoms with Crippen LogP contribution in [0.25, 0.3) is 22.2 Å². The molecule has 7 heteroatoms. The van der Waals surface area contributed by atoms with E-state index in [0.29, 0.717) is 22.2 Å². The number of phenols is 1. The molecule has 21 heavy (non-hydrogen) atoms. The van der Waals surface area contributed by atoms with E-state index in [-0.39, 0.29) is 22.7 Å². The average Bonchev–Trinajstić information content (AvgIpc) is 2.42. The predicted molar refractivity (Wildman–Crippen MR) is 78.7 cm³/mol. The number of H-pyrrole nitrogens is 1. The molecule has 0 aliphatic carbocycles. The van der Waals surface area contributed by atoms with E-state index in [4.69, 9.17) is 11.1 Å². The molecule has 2 aromatic heterocycles. The summed E-state index contributed by atoms with van der Waals surface area (Å²) in [5.41, 5.74) is 6.85. The molecule has 0 spiro atoms. The van der Waals surface area contributed by atoms with Crippen molar-refractivity contribution in [3.05, 3.63) is 46.2 Å². The van der Waals surface area contributed by atoms with Crippen molar-refractivity contribution in [3.63, 3.8) is 0 Å². The monoisotopic (exact) mass is 283 g/mol. The number of hydrogen-bond donors (Lipinski definition) is 4. The van der Waals surface area contributed by atoms with Gasteiger partial charge in [-0.25, -0.2) is 0 Å². The van der Waals surface area contributed by atoms with Gasteiger partial charge in [-0.2, -0.15) is 4.98 Å². The van der Waals surface area contributed by atoms with E-state index in [1.807, 2.05) is 0 Å². The summed E-state index contributed by atoms with van der Waals surface area (Å²) in [6.45, 7) is 0. The minimum Gasteiger partial charge on any atom is -0.508 e. The number of aromatic amines is 1. The molecule has 0 saturated heterocycles.